The average Bonchev–Trinajstić information content (AvgIpc) is 3.02. The predicted molar refractivity (Wildman–Crippen MR) is 89.4 cm³/mol. The highest BCUT2D eigenvalue weighted by Gasteiger charge is 2.18. The summed E-state index contributed by atoms with van der Waals surface area (Å²) in [5.74, 6) is 1.24. The van der Waals surface area contributed by atoms with Crippen LogP contribution in [0, 0.1) is 0 Å². The van der Waals surface area contributed by atoms with Crippen molar-refractivity contribution in [3.8, 4) is 5.82 Å². The van der Waals surface area contributed by atoms with Gasteiger partial charge in [0.15, 0.2) is 11.6 Å². The van der Waals surface area contributed by atoms with Crippen LogP contribution in [0.5, 0.6) is 0 Å². The smallest absolute Gasteiger partial charge is 0.184 e. The molecule has 0 bridgehead atoms. The molecule has 0 amide bonds. The van der Waals surface area contributed by atoms with Crippen molar-refractivity contribution in [1.82, 2.24) is 25.0 Å². The zero-order valence-corrected chi connectivity index (χ0v) is 12.8. The van der Waals surface area contributed by atoms with Gasteiger partial charge in [-0.3, -0.25) is 0 Å². The quantitative estimate of drug-likeness (QED) is 0.772. The minimum Gasteiger partial charge on any atom is -0.393 e. The highest BCUT2D eigenvalue weighted by molar-refractivity contribution is 5.78. The van der Waals surface area contributed by atoms with Crippen LogP contribution in [0.15, 0.2) is 30.6 Å². The third kappa shape index (κ3) is 2.58. The number of anilines is 2. The molecule has 0 radical (unpaired) electrons. The van der Waals surface area contributed by atoms with Crippen molar-refractivity contribution in [3.05, 3.63) is 30.6 Å². The molecule has 4 rings (SSSR count). The molecule has 7 nitrogen and oxygen atoms in total. The molecule has 7 heteroatoms. The summed E-state index contributed by atoms with van der Waals surface area (Å²) >= 11 is 0. The Bertz CT molecular complexity index is 820. The van der Waals surface area contributed by atoms with E-state index in [1.54, 1.807) is 4.68 Å². The Balaban J connectivity index is 1.70. The van der Waals surface area contributed by atoms with E-state index in [4.69, 9.17) is 5.73 Å². The molecule has 3 N–H and O–H groups in total. The van der Waals surface area contributed by atoms with Crippen LogP contribution in [0.3, 0.4) is 0 Å². The third-order valence-electron chi connectivity index (χ3n) is 4.36. The first kappa shape index (κ1) is 13.9. The fraction of sp³-hybridized carbons (Fsp3) is 0.375. The highest BCUT2D eigenvalue weighted by Crippen LogP contribution is 2.27. The van der Waals surface area contributed by atoms with Crippen LogP contribution in [0.1, 0.15) is 32.1 Å². The fourth-order valence-corrected chi connectivity index (χ4v) is 3.14. The van der Waals surface area contributed by atoms with Gasteiger partial charge in [-0.25, -0.2) is 9.97 Å². The first-order valence-electron chi connectivity index (χ1n) is 8.01. The summed E-state index contributed by atoms with van der Waals surface area (Å²) in [7, 11) is 0. The molecule has 0 spiro atoms. The maximum Gasteiger partial charge on any atom is 0.184 e. The Morgan fingerprint density at radius 1 is 1.09 bits per heavy atom. The molecule has 2 aromatic heterocycles. The first-order chi connectivity index (χ1) is 11.3. The predicted octanol–water partition coefficient (Wildman–Crippen LogP) is 2.54. The SMILES string of the molecule is Nc1c(NC2CCCCC2)ncnc1-n1nnc2ccccc21. The maximum absolute atomic E-state index is 6.31. The normalized spacial score (nSPS) is 15.8. The van der Waals surface area contributed by atoms with E-state index in [-0.39, 0.29) is 0 Å². The van der Waals surface area contributed by atoms with Crippen LogP contribution in [-0.4, -0.2) is 31.0 Å². The molecule has 23 heavy (non-hydrogen) atoms. The Morgan fingerprint density at radius 2 is 1.91 bits per heavy atom. The number of nitrogens with one attached hydrogen (secondary N) is 1. The summed E-state index contributed by atoms with van der Waals surface area (Å²) in [6.07, 6.45) is 7.66. The van der Waals surface area contributed by atoms with Crippen LogP contribution in [0.2, 0.25) is 0 Å². The van der Waals surface area contributed by atoms with E-state index in [2.05, 4.69) is 25.6 Å². The number of aromatic nitrogens is 5. The minimum absolute atomic E-state index is 0.432. The van der Waals surface area contributed by atoms with Gasteiger partial charge in [-0.1, -0.05) is 36.6 Å². The molecule has 1 aliphatic rings. The van der Waals surface area contributed by atoms with Crippen LogP contribution >= 0.6 is 0 Å². The van der Waals surface area contributed by atoms with Gasteiger partial charge in [-0.15, -0.1) is 5.10 Å². The zero-order valence-electron chi connectivity index (χ0n) is 12.8. The van der Waals surface area contributed by atoms with E-state index in [1.807, 2.05) is 24.3 Å². The zero-order chi connectivity index (χ0) is 15.6. The second kappa shape index (κ2) is 5.83. The molecule has 1 fully saturated rings. The lowest BCUT2D eigenvalue weighted by Crippen LogP contribution is -2.24. The summed E-state index contributed by atoms with van der Waals surface area (Å²) in [4.78, 5) is 8.62. The van der Waals surface area contributed by atoms with Crippen molar-refractivity contribution in [2.24, 2.45) is 0 Å². The van der Waals surface area contributed by atoms with Crippen molar-refractivity contribution in [2.75, 3.05) is 11.1 Å². The molecule has 0 aliphatic heterocycles. The summed E-state index contributed by atoms with van der Waals surface area (Å²) in [5, 5.41) is 11.8. The molecule has 1 aliphatic carbocycles. The molecule has 2 heterocycles. The van der Waals surface area contributed by atoms with Crippen molar-refractivity contribution in [2.45, 2.75) is 38.1 Å². The van der Waals surface area contributed by atoms with Crippen LogP contribution in [0.25, 0.3) is 16.9 Å². The summed E-state index contributed by atoms with van der Waals surface area (Å²) < 4.78 is 1.67. The van der Waals surface area contributed by atoms with Gasteiger partial charge >= 0.3 is 0 Å². The van der Waals surface area contributed by atoms with Crippen LogP contribution < -0.4 is 11.1 Å². The number of benzene rings is 1. The number of hydrogen-bond donors (Lipinski definition) is 2. The van der Waals surface area contributed by atoms with Gasteiger partial charge in [0.1, 0.15) is 17.5 Å². The Labute approximate surface area is 133 Å². The van der Waals surface area contributed by atoms with Crippen LogP contribution in [-0.2, 0) is 0 Å². The summed E-state index contributed by atoms with van der Waals surface area (Å²) in [6, 6.07) is 8.17. The lowest BCUT2D eigenvalue weighted by molar-refractivity contribution is 0.462. The lowest BCUT2D eigenvalue weighted by Gasteiger charge is -2.24. The molecule has 0 saturated heterocycles. The summed E-state index contributed by atoms with van der Waals surface area (Å²) in [5.41, 5.74) is 8.50. The standard InChI is InChI=1S/C16H19N7/c17-14-15(20-11-6-2-1-3-7-11)18-10-19-16(14)23-13-9-5-4-8-12(13)21-22-23/h4-5,8-11H,1-3,6-7,17H2,(H,18,19,20). The van der Waals surface area contributed by atoms with E-state index in [0.29, 0.717) is 23.4 Å². The molecule has 0 atom stereocenters. The molecular weight excluding hydrogens is 290 g/mol. The third-order valence-corrected chi connectivity index (χ3v) is 4.36. The molecule has 1 saturated carbocycles. The first-order valence-corrected chi connectivity index (χ1v) is 8.01. The van der Waals surface area contributed by atoms with Gasteiger partial charge in [0.25, 0.3) is 0 Å². The van der Waals surface area contributed by atoms with Gasteiger partial charge in [0.05, 0.1) is 5.52 Å². The monoisotopic (exact) mass is 309 g/mol. The number of rotatable bonds is 3. The molecule has 3 aromatic rings. The molecular formula is C16H19N7. The maximum atomic E-state index is 6.31. The average molecular weight is 309 g/mol. The number of fused-ring (bicyclic) bond motifs is 1. The van der Waals surface area contributed by atoms with Crippen molar-refractivity contribution < 1.29 is 0 Å². The minimum atomic E-state index is 0.432. The van der Waals surface area contributed by atoms with E-state index in [0.717, 1.165) is 23.9 Å². The number of nitrogen functional groups attached to an aromatic ring is 1. The van der Waals surface area contributed by atoms with Gasteiger partial charge in [-0.2, -0.15) is 4.68 Å². The largest absolute Gasteiger partial charge is 0.393 e. The molecule has 118 valence electrons. The lowest BCUT2D eigenvalue weighted by atomic mass is 9.95. The van der Waals surface area contributed by atoms with Gasteiger partial charge in [-0.05, 0) is 25.0 Å². The molecule has 1 aromatic carbocycles. The number of hydrogen-bond acceptors (Lipinski definition) is 6. The second-order valence-electron chi connectivity index (χ2n) is 5.93. The Morgan fingerprint density at radius 3 is 2.78 bits per heavy atom. The highest BCUT2D eigenvalue weighted by atomic mass is 15.4. The number of para-hydroxylation sites is 1. The Hall–Kier alpha value is -2.70. The van der Waals surface area contributed by atoms with Crippen molar-refractivity contribution in [1.29, 1.82) is 0 Å². The topological polar surface area (TPSA) is 94.5 Å². The van der Waals surface area contributed by atoms with E-state index >= 15 is 0 Å². The number of nitrogens with zero attached hydrogens (tertiary/aromatic N) is 5. The number of nitrogens with two attached hydrogens (primary N) is 1. The van der Waals surface area contributed by atoms with Gasteiger partial charge < -0.3 is 11.1 Å². The van der Waals surface area contributed by atoms with E-state index in [1.165, 1.54) is 25.6 Å². The van der Waals surface area contributed by atoms with E-state index in [9.17, 15) is 0 Å². The van der Waals surface area contributed by atoms with Crippen molar-refractivity contribution in [3.63, 3.8) is 0 Å². The Kier molecular flexibility index (Phi) is 3.53. The van der Waals surface area contributed by atoms with Gasteiger partial charge in [0, 0.05) is 6.04 Å². The second-order valence-corrected chi connectivity index (χ2v) is 5.93. The molecule has 0 unspecified atom stereocenters. The van der Waals surface area contributed by atoms with E-state index < -0.39 is 0 Å². The van der Waals surface area contributed by atoms with Gasteiger partial charge in [0.2, 0.25) is 0 Å². The van der Waals surface area contributed by atoms with Crippen LogP contribution in [0.4, 0.5) is 11.5 Å². The fourth-order valence-electron chi connectivity index (χ4n) is 3.14. The summed E-state index contributed by atoms with van der Waals surface area (Å²) in [6.45, 7) is 0. The van der Waals surface area contributed by atoms with Crippen molar-refractivity contribution >= 4 is 22.5 Å².